The summed E-state index contributed by atoms with van der Waals surface area (Å²) in [5, 5.41) is 14.7. The van der Waals surface area contributed by atoms with Crippen LogP contribution in [-0.4, -0.2) is 43.6 Å². The molecular weight excluding hydrogens is 543 g/mol. The molecule has 7 nitrogen and oxygen atoms in total. The van der Waals surface area contributed by atoms with Crippen molar-refractivity contribution in [1.29, 1.82) is 0 Å². The van der Waals surface area contributed by atoms with E-state index >= 15 is 0 Å². The van der Waals surface area contributed by atoms with Gasteiger partial charge in [0.25, 0.3) is 0 Å². The molecule has 0 saturated carbocycles. The van der Waals surface area contributed by atoms with Gasteiger partial charge in [0.05, 0.1) is 5.03 Å². The molecule has 10 heteroatoms. The number of carboxylic acid groups (broad SMARTS) is 1. The van der Waals surface area contributed by atoms with E-state index in [9.17, 15) is 14.7 Å². The van der Waals surface area contributed by atoms with E-state index in [0.717, 1.165) is 37.2 Å². The first kappa shape index (κ1) is 29.9. The fourth-order valence-electron chi connectivity index (χ4n) is 4.25. The molecule has 0 aliphatic heterocycles. The molecule has 0 atom stereocenters. The molecular formula is C28H34Cl2N4O3S. The molecule has 0 aliphatic carbocycles. The van der Waals surface area contributed by atoms with Crippen molar-refractivity contribution < 1.29 is 14.7 Å². The Morgan fingerprint density at radius 3 is 2.26 bits per heavy atom. The number of carbonyl (C=O) groups is 2. The predicted molar refractivity (Wildman–Crippen MR) is 154 cm³/mol. The van der Waals surface area contributed by atoms with Gasteiger partial charge in [0, 0.05) is 51.7 Å². The SMILES string of the molecule is Cc1c(CNC(=O)CN(C(=O)O)C(C)(C)C)c(C(C)C)c(Sc2cc(Cl)cc(Cl)c2)n1Cc1ccncc1. The van der Waals surface area contributed by atoms with Crippen LogP contribution in [0.4, 0.5) is 4.79 Å². The number of aromatic nitrogens is 2. The number of benzene rings is 1. The highest BCUT2D eigenvalue weighted by atomic mass is 35.5. The summed E-state index contributed by atoms with van der Waals surface area (Å²) in [5.41, 5.74) is 3.54. The molecule has 3 rings (SSSR count). The lowest BCUT2D eigenvalue weighted by Gasteiger charge is -2.32. The Balaban J connectivity index is 2.01. The second kappa shape index (κ2) is 12.5. The highest BCUT2D eigenvalue weighted by molar-refractivity contribution is 7.99. The van der Waals surface area contributed by atoms with E-state index in [0.29, 0.717) is 16.6 Å². The van der Waals surface area contributed by atoms with Gasteiger partial charge in [-0.2, -0.15) is 0 Å². The molecule has 204 valence electrons. The summed E-state index contributed by atoms with van der Waals surface area (Å²) in [6, 6.07) is 9.43. The number of halogens is 2. The average Bonchev–Trinajstić information content (AvgIpc) is 3.06. The summed E-state index contributed by atoms with van der Waals surface area (Å²) in [4.78, 5) is 30.8. The Hall–Kier alpha value is -2.68. The molecule has 0 spiro atoms. The third kappa shape index (κ3) is 7.46. The summed E-state index contributed by atoms with van der Waals surface area (Å²) in [5.74, 6) is -0.198. The molecule has 2 aromatic heterocycles. The van der Waals surface area contributed by atoms with Gasteiger partial charge in [0.1, 0.15) is 6.54 Å². The third-order valence-electron chi connectivity index (χ3n) is 6.16. The van der Waals surface area contributed by atoms with Gasteiger partial charge >= 0.3 is 6.09 Å². The minimum Gasteiger partial charge on any atom is -0.465 e. The first-order valence-corrected chi connectivity index (χ1v) is 13.9. The van der Waals surface area contributed by atoms with E-state index in [-0.39, 0.29) is 24.9 Å². The Kier molecular flexibility index (Phi) is 9.79. The number of carbonyl (C=O) groups excluding carboxylic acids is 1. The summed E-state index contributed by atoms with van der Waals surface area (Å²) in [6.07, 6.45) is 2.41. The monoisotopic (exact) mass is 576 g/mol. The lowest BCUT2D eigenvalue weighted by Crippen LogP contribution is -2.49. The van der Waals surface area contributed by atoms with Crippen LogP contribution >= 0.6 is 35.0 Å². The molecule has 1 aromatic carbocycles. The molecule has 0 unspecified atom stereocenters. The van der Waals surface area contributed by atoms with Gasteiger partial charge in [0.15, 0.2) is 0 Å². The van der Waals surface area contributed by atoms with E-state index in [1.165, 1.54) is 0 Å². The number of pyridine rings is 1. The number of rotatable bonds is 9. The lowest BCUT2D eigenvalue weighted by atomic mass is 10.0. The highest BCUT2D eigenvalue weighted by Crippen LogP contribution is 2.41. The maximum atomic E-state index is 12.9. The Morgan fingerprint density at radius 1 is 1.13 bits per heavy atom. The minimum absolute atomic E-state index is 0.154. The summed E-state index contributed by atoms with van der Waals surface area (Å²) in [6.45, 7) is 12.2. The van der Waals surface area contributed by atoms with Crippen LogP contribution in [0.5, 0.6) is 0 Å². The van der Waals surface area contributed by atoms with E-state index in [2.05, 4.69) is 28.7 Å². The van der Waals surface area contributed by atoms with Crippen LogP contribution in [-0.2, 0) is 17.9 Å². The van der Waals surface area contributed by atoms with Crippen molar-refractivity contribution in [2.45, 2.75) is 76.0 Å². The van der Waals surface area contributed by atoms with Gasteiger partial charge in [-0.25, -0.2) is 4.79 Å². The van der Waals surface area contributed by atoms with Gasteiger partial charge in [-0.3, -0.25) is 14.7 Å². The van der Waals surface area contributed by atoms with Gasteiger partial charge in [-0.1, -0.05) is 48.8 Å². The van der Waals surface area contributed by atoms with Crippen LogP contribution in [0.25, 0.3) is 0 Å². The fraction of sp³-hybridized carbons (Fsp3) is 0.393. The molecule has 2 N–H and O–H groups in total. The van der Waals surface area contributed by atoms with E-state index < -0.39 is 11.6 Å². The molecule has 2 amide bonds. The zero-order valence-corrected chi connectivity index (χ0v) is 24.8. The van der Waals surface area contributed by atoms with Crippen molar-refractivity contribution in [2.24, 2.45) is 0 Å². The molecule has 3 aromatic rings. The topological polar surface area (TPSA) is 87.5 Å². The molecule has 0 fully saturated rings. The van der Waals surface area contributed by atoms with Crippen LogP contribution in [0.1, 0.15) is 62.9 Å². The predicted octanol–water partition coefficient (Wildman–Crippen LogP) is 7.22. The van der Waals surface area contributed by atoms with Gasteiger partial charge in [-0.05, 0) is 80.6 Å². The van der Waals surface area contributed by atoms with Gasteiger partial charge < -0.3 is 15.0 Å². The van der Waals surface area contributed by atoms with Crippen molar-refractivity contribution in [3.05, 3.63) is 75.2 Å². The smallest absolute Gasteiger partial charge is 0.408 e. The fourth-order valence-corrected chi connectivity index (χ4v) is 6.28. The van der Waals surface area contributed by atoms with Crippen molar-refractivity contribution in [3.8, 4) is 0 Å². The molecule has 2 heterocycles. The first-order valence-electron chi connectivity index (χ1n) is 12.3. The first-order chi connectivity index (χ1) is 17.8. The summed E-state index contributed by atoms with van der Waals surface area (Å²) < 4.78 is 2.24. The zero-order chi connectivity index (χ0) is 28.2. The Bertz CT molecular complexity index is 1280. The number of nitrogens with one attached hydrogen (secondary N) is 1. The van der Waals surface area contributed by atoms with Crippen molar-refractivity contribution >= 4 is 47.0 Å². The zero-order valence-electron chi connectivity index (χ0n) is 22.5. The Morgan fingerprint density at radius 2 is 1.74 bits per heavy atom. The molecule has 0 bridgehead atoms. The third-order valence-corrected chi connectivity index (χ3v) is 7.71. The number of nitrogens with zero attached hydrogens (tertiary/aromatic N) is 3. The largest absolute Gasteiger partial charge is 0.465 e. The van der Waals surface area contributed by atoms with Gasteiger partial charge in [0.2, 0.25) is 5.91 Å². The second-order valence-corrected chi connectivity index (χ2v) is 12.3. The minimum atomic E-state index is -1.13. The number of hydrogen-bond donors (Lipinski definition) is 2. The average molecular weight is 578 g/mol. The van der Waals surface area contributed by atoms with Crippen LogP contribution in [0, 0.1) is 6.92 Å². The maximum Gasteiger partial charge on any atom is 0.408 e. The standard InChI is InChI=1S/C28H34Cl2N4O3S/c1-17(2)25-23(14-32-24(35)16-34(27(36)37)28(4,5)6)18(3)33(15-19-7-9-31-10-8-19)26(25)38-22-12-20(29)11-21(30)13-22/h7-13,17H,14-16H2,1-6H3,(H,32,35)(H,36,37). The van der Waals surface area contributed by atoms with E-state index in [1.807, 2.05) is 31.2 Å². The van der Waals surface area contributed by atoms with Crippen molar-refractivity contribution in [3.63, 3.8) is 0 Å². The van der Waals surface area contributed by atoms with E-state index in [4.69, 9.17) is 23.2 Å². The van der Waals surface area contributed by atoms with Crippen LogP contribution < -0.4 is 5.32 Å². The van der Waals surface area contributed by atoms with Crippen molar-refractivity contribution in [2.75, 3.05) is 6.54 Å². The van der Waals surface area contributed by atoms with Crippen LogP contribution in [0.3, 0.4) is 0 Å². The van der Waals surface area contributed by atoms with Crippen LogP contribution in [0.15, 0.2) is 52.6 Å². The van der Waals surface area contributed by atoms with E-state index in [1.54, 1.807) is 51.0 Å². The summed E-state index contributed by atoms with van der Waals surface area (Å²) >= 11 is 14.2. The maximum absolute atomic E-state index is 12.9. The second-order valence-electron chi connectivity index (χ2n) is 10.4. The quantitative estimate of drug-likeness (QED) is 0.281. The molecule has 0 saturated heterocycles. The number of hydrogen-bond acceptors (Lipinski definition) is 4. The Labute approximate surface area is 238 Å². The summed E-state index contributed by atoms with van der Waals surface area (Å²) in [7, 11) is 0. The molecule has 0 radical (unpaired) electrons. The highest BCUT2D eigenvalue weighted by Gasteiger charge is 2.29. The normalized spacial score (nSPS) is 11.6. The molecule has 0 aliphatic rings. The lowest BCUT2D eigenvalue weighted by molar-refractivity contribution is -0.123. The molecule has 38 heavy (non-hydrogen) atoms. The van der Waals surface area contributed by atoms with Crippen molar-refractivity contribution in [1.82, 2.24) is 19.8 Å². The number of amides is 2. The van der Waals surface area contributed by atoms with Crippen LogP contribution in [0.2, 0.25) is 10.0 Å². The van der Waals surface area contributed by atoms with Gasteiger partial charge in [-0.15, -0.1) is 0 Å².